The lowest BCUT2D eigenvalue weighted by Crippen LogP contribution is -2.36. The molecule has 3 rings (SSSR count). The number of rotatable bonds is 3. The molecule has 4 nitrogen and oxygen atoms in total. The van der Waals surface area contributed by atoms with Gasteiger partial charge < -0.3 is 14.6 Å². The van der Waals surface area contributed by atoms with Crippen LogP contribution < -0.4 is 5.32 Å². The van der Waals surface area contributed by atoms with E-state index in [1.807, 2.05) is 0 Å². The van der Waals surface area contributed by atoms with E-state index in [1.165, 1.54) is 17.2 Å². The highest BCUT2D eigenvalue weighted by atomic mass is 16.5. The monoisotopic (exact) mass is 263 g/mol. The van der Waals surface area contributed by atoms with Crippen LogP contribution in [-0.2, 0) is 29.7 Å². The van der Waals surface area contributed by atoms with Crippen LogP contribution in [0.5, 0.6) is 0 Å². The van der Waals surface area contributed by atoms with Crippen LogP contribution in [0.2, 0.25) is 0 Å². The molecular weight excluding hydrogens is 238 g/mol. The molecule has 1 fully saturated rings. The fraction of sp³-hybridized carbons (Fsp3) is 0.800. The highest BCUT2D eigenvalue weighted by Crippen LogP contribution is 2.33. The highest BCUT2D eigenvalue weighted by Gasteiger charge is 2.36. The second-order valence-corrected chi connectivity index (χ2v) is 6.58. The van der Waals surface area contributed by atoms with Gasteiger partial charge in [0.25, 0.3) is 0 Å². The molecule has 0 aromatic carbocycles. The summed E-state index contributed by atoms with van der Waals surface area (Å²) in [6.07, 6.45) is 3.26. The Morgan fingerprint density at radius 2 is 2.32 bits per heavy atom. The molecule has 1 atom stereocenters. The van der Waals surface area contributed by atoms with E-state index in [2.05, 4.69) is 30.7 Å². The lowest BCUT2D eigenvalue weighted by atomic mass is 9.98. The summed E-state index contributed by atoms with van der Waals surface area (Å²) >= 11 is 0. The quantitative estimate of drug-likeness (QED) is 0.905. The van der Waals surface area contributed by atoms with Gasteiger partial charge in [-0.25, -0.2) is 4.98 Å². The van der Waals surface area contributed by atoms with Gasteiger partial charge in [-0.05, 0) is 19.3 Å². The van der Waals surface area contributed by atoms with Gasteiger partial charge in [0.1, 0.15) is 5.82 Å². The molecule has 0 radical (unpaired) electrons. The van der Waals surface area contributed by atoms with Gasteiger partial charge in [0, 0.05) is 38.2 Å². The van der Waals surface area contributed by atoms with E-state index < -0.39 is 0 Å². The van der Waals surface area contributed by atoms with Crippen LogP contribution in [0, 0.1) is 5.92 Å². The number of aromatic nitrogens is 2. The van der Waals surface area contributed by atoms with Crippen molar-refractivity contribution in [3.63, 3.8) is 0 Å². The number of ether oxygens (including phenoxy) is 1. The van der Waals surface area contributed by atoms with E-state index in [0.717, 1.165) is 45.6 Å². The predicted molar refractivity (Wildman–Crippen MR) is 75.3 cm³/mol. The first-order chi connectivity index (χ1) is 9.10. The zero-order chi connectivity index (χ0) is 13.5. The summed E-state index contributed by atoms with van der Waals surface area (Å²) in [6, 6.07) is 0. The summed E-state index contributed by atoms with van der Waals surface area (Å²) in [5.74, 6) is 1.90. The van der Waals surface area contributed by atoms with Gasteiger partial charge in [0.05, 0.1) is 17.8 Å². The van der Waals surface area contributed by atoms with Crippen LogP contribution in [0.4, 0.5) is 0 Å². The number of imidazole rings is 1. The fourth-order valence-electron chi connectivity index (χ4n) is 3.34. The Morgan fingerprint density at radius 1 is 1.47 bits per heavy atom. The predicted octanol–water partition coefficient (Wildman–Crippen LogP) is 1.86. The zero-order valence-corrected chi connectivity index (χ0v) is 12.3. The molecule has 1 aromatic heterocycles. The maximum absolute atomic E-state index is 5.67. The van der Waals surface area contributed by atoms with Crippen molar-refractivity contribution in [2.24, 2.45) is 5.92 Å². The van der Waals surface area contributed by atoms with E-state index in [1.54, 1.807) is 0 Å². The molecule has 0 saturated carbocycles. The third kappa shape index (κ3) is 2.32. The Bertz CT molecular complexity index is 458. The average Bonchev–Trinajstić information content (AvgIpc) is 2.92. The molecule has 0 amide bonds. The van der Waals surface area contributed by atoms with E-state index in [-0.39, 0.29) is 5.54 Å². The second-order valence-electron chi connectivity index (χ2n) is 6.58. The first kappa shape index (κ1) is 13.1. The Morgan fingerprint density at radius 3 is 3.00 bits per heavy atom. The van der Waals surface area contributed by atoms with Gasteiger partial charge in [-0.1, -0.05) is 13.8 Å². The Balaban J connectivity index is 2.05. The summed E-state index contributed by atoms with van der Waals surface area (Å²) in [4.78, 5) is 4.93. The van der Waals surface area contributed by atoms with Crippen LogP contribution in [0.3, 0.4) is 0 Å². The van der Waals surface area contributed by atoms with Crippen LogP contribution in [0.15, 0.2) is 0 Å². The third-order valence-corrected chi connectivity index (χ3v) is 4.28. The van der Waals surface area contributed by atoms with Gasteiger partial charge in [-0.3, -0.25) is 0 Å². The molecule has 1 unspecified atom stereocenters. The summed E-state index contributed by atoms with van der Waals surface area (Å²) in [5, 5.41) is 3.43. The van der Waals surface area contributed by atoms with Crippen molar-refractivity contribution in [3.05, 3.63) is 17.2 Å². The van der Waals surface area contributed by atoms with E-state index in [0.29, 0.717) is 5.92 Å². The van der Waals surface area contributed by atoms with Crippen molar-refractivity contribution in [1.82, 2.24) is 14.9 Å². The molecule has 1 aromatic rings. The van der Waals surface area contributed by atoms with Crippen molar-refractivity contribution in [3.8, 4) is 0 Å². The molecule has 1 saturated heterocycles. The van der Waals surface area contributed by atoms with Crippen molar-refractivity contribution in [2.45, 2.75) is 52.1 Å². The number of nitrogens with one attached hydrogen (secondary N) is 1. The van der Waals surface area contributed by atoms with Gasteiger partial charge in [0.15, 0.2) is 0 Å². The van der Waals surface area contributed by atoms with Crippen molar-refractivity contribution in [1.29, 1.82) is 0 Å². The molecule has 19 heavy (non-hydrogen) atoms. The van der Waals surface area contributed by atoms with Crippen LogP contribution in [-0.4, -0.2) is 29.3 Å². The SMILES string of the molecule is CC(C)Cc1nc2c(n1C1(C)CCOC1)CCNC2. The lowest BCUT2D eigenvalue weighted by molar-refractivity contribution is 0.158. The summed E-state index contributed by atoms with van der Waals surface area (Å²) in [7, 11) is 0. The molecular formula is C15H25N3O. The van der Waals surface area contributed by atoms with E-state index in [9.17, 15) is 0 Å². The van der Waals surface area contributed by atoms with Gasteiger partial charge in [0.2, 0.25) is 0 Å². The molecule has 0 bridgehead atoms. The minimum atomic E-state index is 0.113. The summed E-state index contributed by atoms with van der Waals surface area (Å²) in [6.45, 7) is 10.6. The largest absolute Gasteiger partial charge is 0.379 e. The Labute approximate surface area is 115 Å². The van der Waals surface area contributed by atoms with Crippen LogP contribution >= 0.6 is 0 Å². The summed E-state index contributed by atoms with van der Waals surface area (Å²) < 4.78 is 8.19. The maximum atomic E-state index is 5.67. The third-order valence-electron chi connectivity index (χ3n) is 4.28. The minimum Gasteiger partial charge on any atom is -0.379 e. The molecule has 0 aliphatic carbocycles. The van der Waals surface area contributed by atoms with Gasteiger partial charge in [-0.15, -0.1) is 0 Å². The first-order valence-electron chi connectivity index (χ1n) is 7.48. The smallest absolute Gasteiger partial charge is 0.110 e. The highest BCUT2D eigenvalue weighted by molar-refractivity contribution is 5.23. The number of hydrogen-bond acceptors (Lipinski definition) is 3. The normalized spacial score (nSPS) is 26.9. The molecule has 1 N–H and O–H groups in total. The molecule has 106 valence electrons. The standard InChI is InChI=1S/C15H25N3O/c1-11(2)8-14-17-12-9-16-6-4-13(12)18(14)15(3)5-7-19-10-15/h11,16H,4-10H2,1-3H3. The average molecular weight is 263 g/mol. The Hall–Kier alpha value is -0.870. The number of hydrogen-bond donors (Lipinski definition) is 1. The maximum Gasteiger partial charge on any atom is 0.110 e. The van der Waals surface area contributed by atoms with E-state index in [4.69, 9.17) is 9.72 Å². The minimum absolute atomic E-state index is 0.113. The molecule has 2 aliphatic rings. The number of nitrogens with zero attached hydrogens (tertiary/aromatic N) is 2. The Kier molecular flexibility index (Phi) is 3.39. The molecule has 0 spiro atoms. The topological polar surface area (TPSA) is 39.1 Å². The molecule has 3 heterocycles. The van der Waals surface area contributed by atoms with E-state index >= 15 is 0 Å². The van der Waals surface area contributed by atoms with Crippen molar-refractivity contribution < 1.29 is 4.74 Å². The zero-order valence-electron chi connectivity index (χ0n) is 12.3. The van der Waals surface area contributed by atoms with Crippen LogP contribution in [0.1, 0.15) is 44.4 Å². The second kappa shape index (κ2) is 4.91. The van der Waals surface area contributed by atoms with Crippen LogP contribution in [0.25, 0.3) is 0 Å². The summed E-state index contributed by atoms with van der Waals surface area (Å²) in [5.41, 5.74) is 2.82. The fourth-order valence-corrected chi connectivity index (χ4v) is 3.34. The van der Waals surface area contributed by atoms with Gasteiger partial charge >= 0.3 is 0 Å². The van der Waals surface area contributed by atoms with Crippen molar-refractivity contribution >= 4 is 0 Å². The first-order valence-corrected chi connectivity index (χ1v) is 7.48. The molecule has 2 aliphatic heterocycles. The number of fused-ring (bicyclic) bond motifs is 1. The lowest BCUT2D eigenvalue weighted by Gasteiger charge is -2.30. The van der Waals surface area contributed by atoms with Gasteiger partial charge in [-0.2, -0.15) is 0 Å². The molecule has 4 heteroatoms. The van der Waals surface area contributed by atoms with Crippen molar-refractivity contribution in [2.75, 3.05) is 19.8 Å².